The van der Waals surface area contributed by atoms with Gasteiger partial charge in [0.25, 0.3) is 0 Å². The van der Waals surface area contributed by atoms with Crippen molar-refractivity contribution in [2.75, 3.05) is 0 Å². The molecule has 0 rings (SSSR count). The van der Waals surface area contributed by atoms with Gasteiger partial charge in [0.2, 0.25) is 0 Å². The standard InChI is InChI=1S/C20H34O2/c1-2-3-4-5-6-7-8-9-10-11-12-13-14-15-16-17-18-19-20(21)22/h7-8,10-11,13-14H,2-6,9,12,15-19H2,1H3,(H,21,22)/b8-7+,11-10+,14-13+. The van der Waals surface area contributed by atoms with Gasteiger partial charge < -0.3 is 5.11 Å². The Morgan fingerprint density at radius 2 is 1.23 bits per heavy atom. The summed E-state index contributed by atoms with van der Waals surface area (Å²) in [6.07, 6.45) is 26.3. The highest BCUT2D eigenvalue weighted by atomic mass is 16.4. The van der Waals surface area contributed by atoms with E-state index in [1.165, 1.54) is 32.1 Å². The molecule has 0 aromatic heterocycles. The van der Waals surface area contributed by atoms with Gasteiger partial charge in [0.05, 0.1) is 0 Å². The fourth-order valence-electron chi connectivity index (χ4n) is 2.18. The van der Waals surface area contributed by atoms with Gasteiger partial charge in [-0.05, 0) is 44.9 Å². The minimum absolute atomic E-state index is 0.304. The number of carboxylic acid groups (broad SMARTS) is 1. The van der Waals surface area contributed by atoms with Crippen LogP contribution in [0.4, 0.5) is 0 Å². The second-order valence-corrected chi connectivity index (χ2v) is 5.73. The molecule has 2 nitrogen and oxygen atoms in total. The molecule has 0 bridgehead atoms. The van der Waals surface area contributed by atoms with Gasteiger partial charge in [0.1, 0.15) is 0 Å². The highest BCUT2D eigenvalue weighted by molar-refractivity contribution is 5.66. The lowest BCUT2D eigenvalue weighted by Gasteiger charge is -1.94. The van der Waals surface area contributed by atoms with Crippen molar-refractivity contribution < 1.29 is 9.90 Å². The molecule has 0 atom stereocenters. The van der Waals surface area contributed by atoms with Crippen LogP contribution in [0.15, 0.2) is 36.5 Å². The number of carboxylic acids is 1. The van der Waals surface area contributed by atoms with Crippen molar-refractivity contribution in [3.8, 4) is 0 Å². The van der Waals surface area contributed by atoms with Gasteiger partial charge in [0, 0.05) is 6.42 Å². The molecule has 126 valence electrons. The van der Waals surface area contributed by atoms with Crippen LogP contribution in [-0.4, -0.2) is 11.1 Å². The Balaban J connectivity index is 3.30. The van der Waals surface area contributed by atoms with Crippen LogP contribution in [0, 0.1) is 0 Å². The normalized spacial score (nSPS) is 12.0. The Morgan fingerprint density at radius 1 is 0.727 bits per heavy atom. The Labute approximate surface area is 137 Å². The van der Waals surface area contributed by atoms with Crippen molar-refractivity contribution in [2.45, 2.75) is 84.0 Å². The molecule has 0 amide bonds. The quantitative estimate of drug-likeness (QED) is 0.279. The average molecular weight is 306 g/mol. The first-order valence-corrected chi connectivity index (χ1v) is 8.94. The molecule has 0 aliphatic rings. The first-order valence-electron chi connectivity index (χ1n) is 8.94. The van der Waals surface area contributed by atoms with E-state index in [9.17, 15) is 4.79 Å². The molecule has 0 radical (unpaired) electrons. The second-order valence-electron chi connectivity index (χ2n) is 5.73. The van der Waals surface area contributed by atoms with Crippen molar-refractivity contribution in [1.82, 2.24) is 0 Å². The number of allylic oxidation sites excluding steroid dienone is 6. The maximum absolute atomic E-state index is 10.3. The highest BCUT2D eigenvalue weighted by Gasteiger charge is 1.94. The van der Waals surface area contributed by atoms with Crippen LogP contribution >= 0.6 is 0 Å². The summed E-state index contributed by atoms with van der Waals surface area (Å²) >= 11 is 0. The molecule has 0 saturated heterocycles. The van der Waals surface area contributed by atoms with Gasteiger partial charge >= 0.3 is 5.97 Å². The predicted molar refractivity (Wildman–Crippen MR) is 96.1 cm³/mol. The topological polar surface area (TPSA) is 37.3 Å². The van der Waals surface area contributed by atoms with Crippen LogP contribution in [-0.2, 0) is 4.79 Å². The number of hydrogen-bond acceptors (Lipinski definition) is 1. The van der Waals surface area contributed by atoms with E-state index in [0.29, 0.717) is 6.42 Å². The van der Waals surface area contributed by atoms with E-state index in [0.717, 1.165) is 38.5 Å². The Kier molecular flexibility index (Phi) is 16.7. The maximum Gasteiger partial charge on any atom is 0.303 e. The molecule has 0 heterocycles. The van der Waals surface area contributed by atoms with Crippen molar-refractivity contribution in [3.63, 3.8) is 0 Å². The summed E-state index contributed by atoms with van der Waals surface area (Å²) in [5.41, 5.74) is 0. The fraction of sp³-hybridized carbons (Fsp3) is 0.650. The summed E-state index contributed by atoms with van der Waals surface area (Å²) in [6.45, 7) is 2.24. The van der Waals surface area contributed by atoms with Gasteiger partial charge in [0.15, 0.2) is 0 Å². The van der Waals surface area contributed by atoms with E-state index in [1.807, 2.05) is 0 Å². The Hall–Kier alpha value is -1.31. The van der Waals surface area contributed by atoms with E-state index in [1.54, 1.807) is 0 Å². The summed E-state index contributed by atoms with van der Waals surface area (Å²) in [7, 11) is 0. The molecule has 0 aliphatic heterocycles. The molecule has 1 N–H and O–H groups in total. The molecule has 0 aromatic carbocycles. The Bertz CT molecular complexity index is 327. The van der Waals surface area contributed by atoms with Crippen molar-refractivity contribution in [3.05, 3.63) is 36.5 Å². The first-order chi connectivity index (χ1) is 10.8. The third-order valence-corrected chi connectivity index (χ3v) is 3.53. The molecular formula is C20H34O2. The molecule has 0 spiro atoms. The summed E-state index contributed by atoms with van der Waals surface area (Å²) < 4.78 is 0. The smallest absolute Gasteiger partial charge is 0.303 e. The molecule has 0 fully saturated rings. The van der Waals surface area contributed by atoms with Crippen LogP contribution < -0.4 is 0 Å². The van der Waals surface area contributed by atoms with E-state index >= 15 is 0 Å². The third kappa shape index (κ3) is 18.7. The molecule has 0 unspecified atom stereocenters. The van der Waals surface area contributed by atoms with E-state index in [-0.39, 0.29) is 0 Å². The minimum Gasteiger partial charge on any atom is -0.481 e. The van der Waals surface area contributed by atoms with Crippen molar-refractivity contribution >= 4 is 5.97 Å². The van der Waals surface area contributed by atoms with Gasteiger partial charge in [-0.25, -0.2) is 0 Å². The zero-order valence-corrected chi connectivity index (χ0v) is 14.3. The summed E-state index contributed by atoms with van der Waals surface area (Å²) in [5.74, 6) is -0.685. The minimum atomic E-state index is -0.685. The number of unbranched alkanes of at least 4 members (excludes halogenated alkanes) is 7. The maximum atomic E-state index is 10.3. The number of aliphatic carboxylic acids is 1. The van der Waals surface area contributed by atoms with Crippen LogP contribution in [0.3, 0.4) is 0 Å². The number of hydrogen-bond donors (Lipinski definition) is 1. The summed E-state index contributed by atoms with van der Waals surface area (Å²) in [6, 6.07) is 0. The van der Waals surface area contributed by atoms with E-state index in [4.69, 9.17) is 5.11 Å². The van der Waals surface area contributed by atoms with Crippen LogP contribution in [0.25, 0.3) is 0 Å². The third-order valence-electron chi connectivity index (χ3n) is 3.53. The first kappa shape index (κ1) is 20.7. The van der Waals surface area contributed by atoms with Gasteiger partial charge in [-0.15, -0.1) is 0 Å². The van der Waals surface area contributed by atoms with Crippen LogP contribution in [0.2, 0.25) is 0 Å². The fourth-order valence-corrected chi connectivity index (χ4v) is 2.18. The largest absolute Gasteiger partial charge is 0.481 e. The van der Waals surface area contributed by atoms with Gasteiger partial charge in [-0.3, -0.25) is 4.79 Å². The van der Waals surface area contributed by atoms with Crippen LogP contribution in [0.5, 0.6) is 0 Å². The number of rotatable bonds is 15. The molecular weight excluding hydrogens is 272 g/mol. The molecule has 0 saturated carbocycles. The zero-order valence-electron chi connectivity index (χ0n) is 14.3. The molecule has 22 heavy (non-hydrogen) atoms. The zero-order chi connectivity index (χ0) is 16.3. The van der Waals surface area contributed by atoms with Gasteiger partial charge in [-0.2, -0.15) is 0 Å². The van der Waals surface area contributed by atoms with Crippen LogP contribution in [0.1, 0.15) is 84.0 Å². The number of carbonyl (C=O) groups is 1. The lowest BCUT2D eigenvalue weighted by molar-refractivity contribution is -0.137. The lowest BCUT2D eigenvalue weighted by Crippen LogP contribution is -1.93. The lowest BCUT2D eigenvalue weighted by atomic mass is 10.1. The molecule has 0 aliphatic carbocycles. The molecule has 2 heteroatoms. The van der Waals surface area contributed by atoms with E-state index < -0.39 is 5.97 Å². The molecule has 0 aromatic rings. The van der Waals surface area contributed by atoms with Crippen molar-refractivity contribution in [2.24, 2.45) is 0 Å². The predicted octanol–water partition coefficient (Wildman–Crippen LogP) is 6.44. The van der Waals surface area contributed by atoms with Crippen molar-refractivity contribution in [1.29, 1.82) is 0 Å². The monoisotopic (exact) mass is 306 g/mol. The summed E-state index contributed by atoms with van der Waals surface area (Å²) in [4.78, 5) is 10.3. The average Bonchev–Trinajstić information content (AvgIpc) is 2.50. The second kappa shape index (κ2) is 17.7. The van der Waals surface area contributed by atoms with Gasteiger partial charge in [-0.1, -0.05) is 69.1 Å². The van der Waals surface area contributed by atoms with E-state index in [2.05, 4.69) is 43.4 Å². The Morgan fingerprint density at radius 3 is 1.73 bits per heavy atom. The summed E-state index contributed by atoms with van der Waals surface area (Å²) in [5, 5.41) is 8.51. The highest BCUT2D eigenvalue weighted by Crippen LogP contribution is 2.05. The SMILES string of the molecule is CCCCCC/C=C/C/C=C/C/C=C/CCCCCC(=O)O.